The van der Waals surface area contributed by atoms with Gasteiger partial charge in [-0.1, -0.05) is 42.5 Å². The smallest absolute Gasteiger partial charge is 0.191 e. The van der Waals surface area contributed by atoms with E-state index in [0.717, 1.165) is 44.9 Å². The molecule has 1 aromatic rings. The van der Waals surface area contributed by atoms with Crippen LogP contribution in [0.25, 0.3) is 0 Å². The number of ether oxygens (including phenoxy) is 1. The minimum absolute atomic E-state index is 0. The normalized spacial score (nSPS) is 15.8. The standard InChI is InChI=1S/C19H29N3O.HI/c1-3-20-19(22-18-12-7-8-13-18)21-14-9-15-23-16(2)17-10-5-4-6-11-17;/h4-8,10-11,16,18H,3,9,12-15H2,1-2H3,(H2,20,21,22);1H. The molecular formula is C19H30IN3O. The van der Waals surface area contributed by atoms with Gasteiger partial charge in [-0.05, 0) is 38.7 Å². The summed E-state index contributed by atoms with van der Waals surface area (Å²) in [5, 5.41) is 6.78. The van der Waals surface area contributed by atoms with Crippen molar-refractivity contribution in [3.8, 4) is 0 Å². The molecule has 0 heterocycles. The van der Waals surface area contributed by atoms with Gasteiger partial charge in [0.15, 0.2) is 5.96 Å². The zero-order valence-electron chi connectivity index (χ0n) is 14.7. The Morgan fingerprint density at radius 1 is 1.25 bits per heavy atom. The second-order valence-electron chi connectivity index (χ2n) is 5.82. The van der Waals surface area contributed by atoms with Crippen LogP contribution in [-0.2, 0) is 4.74 Å². The second kappa shape index (κ2) is 12.3. The fourth-order valence-corrected chi connectivity index (χ4v) is 2.58. The molecule has 0 aliphatic heterocycles. The Hall–Kier alpha value is -1.08. The zero-order chi connectivity index (χ0) is 16.3. The lowest BCUT2D eigenvalue weighted by atomic mass is 10.1. The van der Waals surface area contributed by atoms with Crippen LogP contribution in [0, 0.1) is 0 Å². The first-order valence-corrected chi connectivity index (χ1v) is 8.66. The van der Waals surface area contributed by atoms with Crippen LogP contribution in [0.1, 0.15) is 44.8 Å². The fraction of sp³-hybridized carbons (Fsp3) is 0.526. The lowest BCUT2D eigenvalue weighted by Gasteiger charge is -2.17. The molecule has 24 heavy (non-hydrogen) atoms. The second-order valence-corrected chi connectivity index (χ2v) is 5.82. The highest BCUT2D eigenvalue weighted by atomic mass is 127. The summed E-state index contributed by atoms with van der Waals surface area (Å²) < 4.78 is 5.88. The Labute approximate surface area is 163 Å². The number of guanidine groups is 1. The van der Waals surface area contributed by atoms with E-state index >= 15 is 0 Å². The van der Waals surface area contributed by atoms with Gasteiger partial charge in [-0.2, -0.15) is 0 Å². The molecule has 5 heteroatoms. The Kier molecular flexibility index (Phi) is 10.7. The van der Waals surface area contributed by atoms with Crippen LogP contribution in [0.5, 0.6) is 0 Å². The molecule has 1 aliphatic carbocycles. The van der Waals surface area contributed by atoms with Gasteiger partial charge in [0.2, 0.25) is 0 Å². The number of hydrogen-bond donors (Lipinski definition) is 2. The molecule has 4 nitrogen and oxygen atoms in total. The third-order valence-corrected chi connectivity index (χ3v) is 3.90. The molecular weight excluding hydrogens is 413 g/mol. The molecule has 1 unspecified atom stereocenters. The van der Waals surface area contributed by atoms with Gasteiger partial charge in [-0.3, -0.25) is 4.99 Å². The number of rotatable bonds is 8. The molecule has 0 aromatic heterocycles. The van der Waals surface area contributed by atoms with E-state index in [1.54, 1.807) is 0 Å². The number of halogens is 1. The third-order valence-electron chi connectivity index (χ3n) is 3.90. The lowest BCUT2D eigenvalue weighted by molar-refractivity contribution is 0.0652. The van der Waals surface area contributed by atoms with Gasteiger partial charge in [-0.15, -0.1) is 24.0 Å². The molecule has 2 rings (SSSR count). The highest BCUT2D eigenvalue weighted by molar-refractivity contribution is 14.0. The van der Waals surface area contributed by atoms with Crippen molar-refractivity contribution in [1.82, 2.24) is 10.6 Å². The maximum Gasteiger partial charge on any atom is 0.191 e. The monoisotopic (exact) mass is 443 g/mol. The van der Waals surface area contributed by atoms with Crippen molar-refractivity contribution in [2.24, 2.45) is 4.99 Å². The molecule has 0 spiro atoms. The van der Waals surface area contributed by atoms with E-state index in [-0.39, 0.29) is 30.1 Å². The quantitative estimate of drug-likeness (QED) is 0.210. The highest BCUT2D eigenvalue weighted by Gasteiger charge is 2.11. The topological polar surface area (TPSA) is 45.7 Å². The first kappa shape index (κ1) is 21.0. The summed E-state index contributed by atoms with van der Waals surface area (Å²) in [5.74, 6) is 0.914. The summed E-state index contributed by atoms with van der Waals surface area (Å²) in [6, 6.07) is 10.8. The third kappa shape index (κ3) is 7.66. The summed E-state index contributed by atoms with van der Waals surface area (Å²) in [6.07, 6.45) is 7.68. The average molecular weight is 443 g/mol. The van der Waals surface area contributed by atoms with Crippen molar-refractivity contribution in [2.75, 3.05) is 19.7 Å². The highest BCUT2D eigenvalue weighted by Crippen LogP contribution is 2.15. The van der Waals surface area contributed by atoms with Crippen LogP contribution in [0.2, 0.25) is 0 Å². The van der Waals surface area contributed by atoms with Crippen molar-refractivity contribution in [3.05, 3.63) is 48.0 Å². The fourth-order valence-electron chi connectivity index (χ4n) is 2.58. The molecule has 1 aliphatic rings. The Balaban J connectivity index is 0.00000288. The molecule has 1 atom stereocenters. The summed E-state index contributed by atoms with van der Waals surface area (Å²) in [7, 11) is 0. The van der Waals surface area contributed by atoms with Gasteiger partial charge in [-0.25, -0.2) is 0 Å². The van der Waals surface area contributed by atoms with Crippen molar-refractivity contribution >= 4 is 29.9 Å². The molecule has 1 aromatic carbocycles. The zero-order valence-corrected chi connectivity index (χ0v) is 17.0. The van der Waals surface area contributed by atoms with Gasteiger partial charge in [0, 0.05) is 25.7 Å². The van der Waals surface area contributed by atoms with Crippen LogP contribution in [0.3, 0.4) is 0 Å². The van der Waals surface area contributed by atoms with Crippen LogP contribution in [0.15, 0.2) is 47.5 Å². The van der Waals surface area contributed by atoms with Gasteiger partial charge < -0.3 is 15.4 Å². The molecule has 134 valence electrons. The van der Waals surface area contributed by atoms with Crippen molar-refractivity contribution in [2.45, 2.75) is 45.3 Å². The first-order chi connectivity index (χ1) is 11.3. The maximum atomic E-state index is 5.88. The average Bonchev–Trinajstić information content (AvgIpc) is 3.08. The molecule has 0 radical (unpaired) electrons. The summed E-state index contributed by atoms with van der Waals surface area (Å²) in [6.45, 7) is 6.57. The predicted octanol–water partition coefficient (Wildman–Crippen LogP) is 4.05. The maximum absolute atomic E-state index is 5.88. The molecule has 0 amide bonds. The van der Waals surface area contributed by atoms with Crippen molar-refractivity contribution in [3.63, 3.8) is 0 Å². The van der Waals surface area contributed by atoms with E-state index in [1.807, 2.05) is 18.2 Å². The molecule has 2 N–H and O–H groups in total. The Morgan fingerprint density at radius 3 is 2.62 bits per heavy atom. The molecule has 0 bridgehead atoms. The number of aliphatic imine (C=N–C) groups is 1. The Bertz CT molecular complexity index is 497. The predicted molar refractivity (Wildman–Crippen MR) is 112 cm³/mol. The molecule has 0 saturated carbocycles. The van der Waals surface area contributed by atoms with E-state index in [0.29, 0.717) is 6.04 Å². The van der Waals surface area contributed by atoms with Crippen LogP contribution >= 0.6 is 24.0 Å². The number of benzene rings is 1. The Morgan fingerprint density at radius 2 is 1.96 bits per heavy atom. The van der Waals surface area contributed by atoms with Gasteiger partial charge in [0.25, 0.3) is 0 Å². The van der Waals surface area contributed by atoms with E-state index in [1.165, 1.54) is 5.56 Å². The van der Waals surface area contributed by atoms with Gasteiger partial charge in [0.05, 0.1) is 6.10 Å². The first-order valence-electron chi connectivity index (χ1n) is 8.66. The number of hydrogen-bond acceptors (Lipinski definition) is 2. The van der Waals surface area contributed by atoms with E-state index in [9.17, 15) is 0 Å². The van der Waals surface area contributed by atoms with E-state index in [4.69, 9.17) is 4.74 Å². The van der Waals surface area contributed by atoms with Gasteiger partial charge in [0.1, 0.15) is 0 Å². The SMILES string of the molecule is CCNC(=NCCCOC(C)c1ccccc1)NC1CC=CC1.I. The minimum Gasteiger partial charge on any atom is -0.374 e. The van der Waals surface area contributed by atoms with Crippen LogP contribution < -0.4 is 10.6 Å². The van der Waals surface area contributed by atoms with Crippen molar-refractivity contribution < 1.29 is 4.74 Å². The minimum atomic E-state index is 0. The van der Waals surface area contributed by atoms with Crippen LogP contribution in [-0.4, -0.2) is 31.7 Å². The summed E-state index contributed by atoms with van der Waals surface area (Å²) in [5.41, 5.74) is 1.22. The number of nitrogens with zero attached hydrogens (tertiary/aromatic N) is 1. The number of nitrogens with one attached hydrogen (secondary N) is 2. The lowest BCUT2D eigenvalue weighted by Crippen LogP contribution is -2.42. The van der Waals surface area contributed by atoms with E-state index < -0.39 is 0 Å². The largest absolute Gasteiger partial charge is 0.374 e. The van der Waals surface area contributed by atoms with Crippen LogP contribution in [0.4, 0.5) is 0 Å². The van der Waals surface area contributed by atoms with E-state index in [2.05, 4.69) is 53.8 Å². The summed E-state index contributed by atoms with van der Waals surface area (Å²) >= 11 is 0. The molecule has 0 fully saturated rings. The summed E-state index contributed by atoms with van der Waals surface area (Å²) in [4.78, 5) is 4.63. The van der Waals surface area contributed by atoms with Crippen molar-refractivity contribution in [1.29, 1.82) is 0 Å². The molecule has 0 saturated heterocycles. The van der Waals surface area contributed by atoms with Gasteiger partial charge >= 0.3 is 0 Å².